The third kappa shape index (κ3) is 3.44. The Hall–Kier alpha value is -2.41. The molecule has 1 spiro atoms. The van der Waals surface area contributed by atoms with Crippen LogP contribution >= 0.6 is 0 Å². The third-order valence-electron chi connectivity index (χ3n) is 5.67. The Morgan fingerprint density at radius 3 is 2.96 bits per heavy atom. The second-order valence-corrected chi connectivity index (χ2v) is 7.29. The molecular formula is C19H25N5O2. The van der Waals surface area contributed by atoms with Crippen molar-refractivity contribution in [2.24, 2.45) is 12.5 Å². The van der Waals surface area contributed by atoms with Crippen LogP contribution in [0.4, 0.5) is 0 Å². The van der Waals surface area contributed by atoms with Gasteiger partial charge in [0.25, 0.3) is 5.91 Å². The average Bonchev–Trinajstić information content (AvgIpc) is 3.18. The highest BCUT2D eigenvalue weighted by Crippen LogP contribution is 2.56. The second-order valence-electron chi connectivity index (χ2n) is 7.29. The van der Waals surface area contributed by atoms with Crippen LogP contribution in [-0.4, -0.2) is 51.1 Å². The quantitative estimate of drug-likeness (QED) is 0.847. The van der Waals surface area contributed by atoms with E-state index in [1.807, 2.05) is 28.8 Å². The highest BCUT2D eigenvalue weighted by Gasteiger charge is 2.57. The fraction of sp³-hybridized carbons (Fsp3) is 0.526. The number of nitrogens with one attached hydrogen (secondary N) is 1. The first kappa shape index (κ1) is 17.0. The summed E-state index contributed by atoms with van der Waals surface area (Å²) < 4.78 is 7.63. The van der Waals surface area contributed by atoms with Crippen LogP contribution in [0.1, 0.15) is 25.1 Å². The summed E-state index contributed by atoms with van der Waals surface area (Å²) in [4.78, 5) is 23.4. The number of pyridine rings is 1. The summed E-state index contributed by atoms with van der Waals surface area (Å²) in [5.41, 5.74) is 0.278. The number of nitrogens with zero attached hydrogens (tertiary/aromatic N) is 4. The monoisotopic (exact) mass is 355 g/mol. The zero-order valence-electron chi connectivity index (χ0n) is 15.1. The van der Waals surface area contributed by atoms with Crippen LogP contribution < -0.4 is 10.1 Å². The minimum atomic E-state index is 0.0114. The summed E-state index contributed by atoms with van der Waals surface area (Å²) in [5, 5.41) is 3.42. The molecule has 4 rings (SSSR count). The molecule has 2 aliphatic rings. The van der Waals surface area contributed by atoms with Crippen molar-refractivity contribution >= 4 is 5.91 Å². The molecule has 138 valence electrons. The number of ether oxygens (including phenoxy) is 1. The van der Waals surface area contributed by atoms with Gasteiger partial charge in [-0.05, 0) is 49.9 Å². The first-order chi connectivity index (χ1) is 12.7. The molecule has 3 heterocycles. The molecule has 7 heteroatoms. The Kier molecular flexibility index (Phi) is 4.63. The van der Waals surface area contributed by atoms with Gasteiger partial charge in [-0.15, -0.1) is 0 Å². The molecule has 1 aliphatic heterocycles. The maximum Gasteiger partial charge on any atom is 0.261 e. The molecule has 1 saturated carbocycles. The number of rotatable bonds is 6. The number of carbonyl (C=O) groups is 1. The van der Waals surface area contributed by atoms with E-state index in [1.54, 1.807) is 24.7 Å². The van der Waals surface area contributed by atoms with Gasteiger partial charge >= 0.3 is 0 Å². The van der Waals surface area contributed by atoms with Crippen molar-refractivity contribution in [3.8, 4) is 5.75 Å². The van der Waals surface area contributed by atoms with E-state index in [0.29, 0.717) is 12.3 Å². The Bertz CT molecular complexity index is 754. The molecule has 0 bridgehead atoms. The number of hydrogen-bond donors (Lipinski definition) is 1. The number of imidazole rings is 1. The van der Waals surface area contributed by atoms with Crippen LogP contribution in [0.2, 0.25) is 0 Å². The molecule has 0 aromatic carbocycles. The predicted octanol–water partition coefficient (Wildman–Crippen LogP) is 1.36. The van der Waals surface area contributed by atoms with Crippen molar-refractivity contribution in [1.29, 1.82) is 0 Å². The highest BCUT2D eigenvalue weighted by atomic mass is 16.5. The minimum absolute atomic E-state index is 0.0114. The molecule has 1 unspecified atom stereocenters. The van der Waals surface area contributed by atoms with Crippen LogP contribution in [0.25, 0.3) is 0 Å². The lowest BCUT2D eigenvalue weighted by molar-refractivity contribution is -0.135. The van der Waals surface area contributed by atoms with E-state index in [2.05, 4.69) is 15.3 Å². The van der Waals surface area contributed by atoms with Crippen LogP contribution in [0.5, 0.6) is 5.75 Å². The predicted molar refractivity (Wildman–Crippen MR) is 96.4 cm³/mol. The van der Waals surface area contributed by atoms with E-state index in [0.717, 1.165) is 38.2 Å². The first-order valence-corrected chi connectivity index (χ1v) is 9.17. The number of piperidine rings is 1. The van der Waals surface area contributed by atoms with Crippen molar-refractivity contribution in [2.75, 3.05) is 19.7 Å². The smallest absolute Gasteiger partial charge is 0.261 e. The van der Waals surface area contributed by atoms with Gasteiger partial charge < -0.3 is 19.5 Å². The molecular weight excluding hydrogens is 330 g/mol. The van der Waals surface area contributed by atoms with E-state index in [4.69, 9.17) is 4.74 Å². The summed E-state index contributed by atoms with van der Waals surface area (Å²) in [6, 6.07) is 3.90. The van der Waals surface area contributed by atoms with E-state index >= 15 is 0 Å². The first-order valence-electron chi connectivity index (χ1n) is 9.17. The van der Waals surface area contributed by atoms with Gasteiger partial charge in [0.1, 0.15) is 11.6 Å². The van der Waals surface area contributed by atoms with Crippen LogP contribution in [0.3, 0.4) is 0 Å². The molecule has 1 atom stereocenters. The molecule has 1 amide bonds. The number of hydrogen-bond acceptors (Lipinski definition) is 5. The largest absolute Gasteiger partial charge is 0.482 e. The summed E-state index contributed by atoms with van der Waals surface area (Å²) >= 11 is 0. The number of aryl methyl sites for hydroxylation is 1. The minimum Gasteiger partial charge on any atom is -0.482 e. The van der Waals surface area contributed by atoms with Crippen LogP contribution in [0, 0.1) is 5.41 Å². The van der Waals surface area contributed by atoms with Crippen LogP contribution in [0.15, 0.2) is 36.9 Å². The molecule has 2 aromatic heterocycles. The van der Waals surface area contributed by atoms with Gasteiger partial charge in [0, 0.05) is 31.7 Å². The summed E-state index contributed by atoms with van der Waals surface area (Å²) in [5.74, 6) is 1.53. The van der Waals surface area contributed by atoms with Gasteiger partial charge in [-0.2, -0.15) is 0 Å². The van der Waals surface area contributed by atoms with E-state index in [9.17, 15) is 4.79 Å². The number of carbonyl (C=O) groups excluding carboxylic acids is 1. The normalized spacial score (nSPS) is 20.7. The van der Waals surface area contributed by atoms with E-state index in [1.165, 1.54) is 0 Å². The van der Waals surface area contributed by atoms with E-state index < -0.39 is 0 Å². The van der Waals surface area contributed by atoms with Crippen molar-refractivity contribution in [2.45, 2.75) is 31.8 Å². The summed E-state index contributed by atoms with van der Waals surface area (Å²) in [7, 11) is 1.96. The summed E-state index contributed by atoms with van der Waals surface area (Å²) in [6.07, 6.45) is 10.3. The third-order valence-corrected chi connectivity index (χ3v) is 5.67. The Morgan fingerprint density at radius 1 is 1.42 bits per heavy atom. The van der Waals surface area contributed by atoms with Gasteiger partial charge in [0.05, 0.1) is 12.7 Å². The Morgan fingerprint density at radius 2 is 2.27 bits per heavy atom. The van der Waals surface area contributed by atoms with Gasteiger partial charge in [-0.1, -0.05) is 0 Å². The van der Waals surface area contributed by atoms with Crippen molar-refractivity contribution in [1.82, 2.24) is 24.8 Å². The molecule has 0 radical (unpaired) electrons. The average molecular weight is 355 g/mol. The maximum absolute atomic E-state index is 13.0. The molecule has 2 fully saturated rings. The lowest BCUT2D eigenvalue weighted by Gasteiger charge is -2.29. The fourth-order valence-electron chi connectivity index (χ4n) is 3.96. The molecule has 7 nitrogen and oxygen atoms in total. The zero-order valence-corrected chi connectivity index (χ0v) is 15.1. The number of amides is 1. The number of aromatic nitrogens is 3. The molecule has 1 N–H and O–H groups in total. The van der Waals surface area contributed by atoms with Crippen LogP contribution in [-0.2, 0) is 18.4 Å². The molecule has 26 heavy (non-hydrogen) atoms. The van der Waals surface area contributed by atoms with Gasteiger partial charge in [-0.25, -0.2) is 4.98 Å². The second kappa shape index (κ2) is 7.07. The van der Waals surface area contributed by atoms with Crippen molar-refractivity contribution < 1.29 is 9.53 Å². The SMILES string of the molecule is Cn1ccnc1CN(C(=O)COc1cccnc1)C1CC12CCNCC2. The van der Waals surface area contributed by atoms with E-state index in [-0.39, 0.29) is 24.0 Å². The Balaban J connectivity index is 1.47. The summed E-state index contributed by atoms with van der Waals surface area (Å²) in [6.45, 7) is 2.62. The highest BCUT2D eigenvalue weighted by molar-refractivity contribution is 5.78. The lowest BCUT2D eigenvalue weighted by atomic mass is 9.93. The maximum atomic E-state index is 13.0. The zero-order chi connectivity index (χ0) is 18.0. The molecule has 2 aromatic rings. The van der Waals surface area contributed by atoms with Gasteiger partial charge in [0.15, 0.2) is 6.61 Å². The van der Waals surface area contributed by atoms with Gasteiger partial charge in [0.2, 0.25) is 0 Å². The topological polar surface area (TPSA) is 72.3 Å². The fourth-order valence-corrected chi connectivity index (χ4v) is 3.96. The van der Waals surface area contributed by atoms with Gasteiger partial charge in [-0.3, -0.25) is 9.78 Å². The standard InChI is InChI=1S/C19H25N5O2/c1-23-10-9-22-17(23)13-24(16-11-19(16)4-7-20-8-5-19)18(25)14-26-15-3-2-6-21-12-15/h2-3,6,9-10,12,16,20H,4-5,7-8,11,13-14H2,1H3. The van der Waals surface area contributed by atoms with Crippen molar-refractivity contribution in [3.63, 3.8) is 0 Å². The molecule has 1 saturated heterocycles. The molecule has 1 aliphatic carbocycles. The lowest BCUT2D eigenvalue weighted by Crippen LogP contribution is -2.41. The Labute approximate surface area is 153 Å². The van der Waals surface area contributed by atoms with Crippen molar-refractivity contribution in [3.05, 3.63) is 42.7 Å².